The van der Waals surface area contributed by atoms with Gasteiger partial charge in [-0.3, -0.25) is 0 Å². The number of halogens is 1. The van der Waals surface area contributed by atoms with E-state index < -0.39 is 10.0 Å². The van der Waals surface area contributed by atoms with Crippen molar-refractivity contribution in [3.05, 3.63) is 29.3 Å². The van der Waals surface area contributed by atoms with Gasteiger partial charge in [-0.1, -0.05) is 23.7 Å². The Morgan fingerprint density at radius 1 is 1.08 bits per heavy atom. The molecule has 0 aliphatic carbocycles. The average molecular weight is 372 g/mol. The van der Waals surface area contributed by atoms with E-state index in [4.69, 9.17) is 11.6 Å². The molecule has 3 rings (SSSR count). The van der Waals surface area contributed by atoms with E-state index in [9.17, 15) is 13.2 Å². The summed E-state index contributed by atoms with van der Waals surface area (Å²) in [5.41, 5.74) is 0. The lowest BCUT2D eigenvalue weighted by atomic mass is 10.1. The number of carbonyl (C=O) groups excluding carboxylic acids is 1. The average Bonchev–Trinajstić information content (AvgIpc) is 3.08. The van der Waals surface area contributed by atoms with Crippen LogP contribution in [0.2, 0.25) is 5.02 Å². The molecule has 2 aliphatic rings. The van der Waals surface area contributed by atoms with Crippen LogP contribution in [0, 0.1) is 0 Å². The van der Waals surface area contributed by atoms with Crippen molar-refractivity contribution in [2.45, 2.75) is 36.6 Å². The van der Waals surface area contributed by atoms with Crippen LogP contribution >= 0.6 is 11.6 Å². The number of likely N-dealkylation sites (tertiary alicyclic amines) is 2. The monoisotopic (exact) mass is 371 g/mol. The second-order valence-corrected chi connectivity index (χ2v) is 8.40. The summed E-state index contributed by atoms with van der Waals surface area (Å²) in [7, 11) is -3.69. The first kappa shape index (κ1) is 17.5. The number of carbonyl (C=O) groups is 1. The highest BCUT2D eigenvalue weighted by Gasteiger charge is 2.31. The molecule has 24 heavy (non-hydrogen) atoms. The molecular formula is C16H22ClN3O3S. The molecule has 1 atom stereocenters. The number of urea groups is 1. The van der Waals surface area contributed by atoms with Gasteiger partial charge in [-0.25, -0.2) is 17.9 Å². The van der Waals surface area contributed by atoms with E-state index in [1.165, 1.54) is 6.07 Å². The number of nitrogens with one attached hydrogen (secondary N) is 1. The van der Waals surface area contributed by atoms with E-state index in [1.54, 1.807) is 23.1 Å². The Hall–Kier alpha value is -1.31. The number of sulfonamides is 1. The van der Waals surface area contributed by atoms with Crippen LogP contribution in [0.15, 0.2) is 29.2 Å². The molecule has 2 fully saturated rings. The molecule has 0 radical (unpaired) electrons. The molecule has 0 aromatic heterocycles. The highest BCUT2D eigenvalue weighted by molar-refractivity contribution is 7.89. The minimum Gasteiger partial charge on any atom is -0.325 e. The molecular weight excluding hydrogens is 350 g/mol. The van der Waals surface area contributed by atoms with Crippen LogP contribution in [-0.4, -0.2) is 56.5 Å². The lowest BCUT2D eigenvalue weighted by Crippen LogP contribution is -2.52. The molecule has 6 nitrogen and oxygen atoms in total. The summed E-state index contributed by atoms with van der Waals surface area (Å²) < 4.78 is 27.8. The number of rotatable bonds is 3. The molecule has 1 aromatic carbocycles. The molecule has 2 amide bonds. The first-order valence-corrected chi connectivity index (χ1v) is 10.1. The zero-order valence-electron chi connectivity index (χ0n) is 13.4. The highest BCUT2D eigenvalue weighted by Crippen LogP contribution is 2.22. The molecule has 0 bridgehead atoms. The number of piperidine rings is 1. The van der Waals surface area contributed by atoms with Gasteiger partial charge in [0.25, 0.3) is 0 Å². The van der Waals surface area contributed by atoms with Crippen LogP contribution in [0.25, 0.3) is 0 Å². The van der Waals surface area contributed by atoms with Crippen LogP contribution in [-0.2, 0) is 10.0 Å². The van der Waals surface area contributed by atoms with Crippen LogP contribution in [0.1, 0.15) is 25.7 Å². The van der Waals surface area contributed by atoms with Crippen LogP contribution in [0.3, 0.4) is 0 Å². The lowest BCUT2D eigenvalue weighted by molar-refractivity contribution is 0.145. The maximum atomic E-state index is 12.5. The zero-order valence-corrected chi connectivity index (χ0v) is 15.0. The molecule has 1 N–H and O–H groups in total. The molecule has 2 aliphatic heterocycles. The predicted octanol–water partition coefficient (Wildman–Crippen LogP) is 2.30. The Kier molecular flexibility index (Phi) is 5.32. The molecule has 132 valence electrons. The van der Waals surface area contributed by atoms with E-state index >= 15 is 0 Å². The summed E-state index contributed by atoms with van der Waals surface area (Å²) in [6, 6.07) is 6.12. The normalized spacial score (nSPS) is 22.0. The molecule has 1 unspecified atom stereocenters. The minimum absolute atomic E-state index is 0.0224. The van der Waals surface area contributed by atoms with Gasteiger partial charge in [0.2, 0.25) is 10.0 Å². The standard InChI is InChI=1S/C16H22ClN3O3S/c17-14-7-1-2-8-15(14)24(22,23)18-13-6-5-11-20(12-13)16(21)19-9-3-4-10-19/h1-2,7-8,13,18H,3-6,9-12H2. The van der Waals surface area contributed by atoms with Gasteiger partial charge in [0.1, 0.15) is 4.90 Å². The summed E-state index contributed by atoms with van der Waals surface area (Å²) in [6.07, 6.45) is 3.59. The number of nitrogens with zero attached hydrogens (tertiary/aromatic N) is 2. The SMILES string of the molecule is O=C(N1CCCC1)N1CCCC(NS(=O)(=O)c2ccccc2Cl)C1. The lowest BCUT2D eigenvalue weighted by Gasteiger charge is -2.35. The topological polar surface area (TPSA) is 69.7 Å². The fourth-order valence-corrected chi connectivity index (χ4v) is 5.08. The van der Waals surface area contributed by atoms with E-state index in [0.717, 1.165) is 32.4 Å². The van der Waals surface area contributed by atoms with Gasteiger partial charge in [-0.15, -0.1) is 0 Å². The van der Waals surface area contributed by atoms with Gasteiger partial charge in [0, 0.05) is 32.2 Å². The highest BCUT2D eigenvalue weighted by atomic mass is 35.5. The van der Waals surface area contributed by atoms with Crippen LogP contribution < -0.4 is 4.72 Å². The van der Waals surface area contributed by atoms with Gasteiger partial charge in [0.05, 0.1) is 5.02 Å². The summed E-state index contributed by atoms with van der Waals surface area (Å²) in [6.45, 7) is 2.68. The number of hydrogen-bond acceptors (Lipinski definition) is 3. The van der Waals surface area contributed by atoms with Crippen molar-refractivity contribution >= 4 is 27.7 Å². The van der Waals surface area contributed by atoms with Gasteiger partial charge >= 0.3 is 6.03 Å². The predicted molar refractivity (Wildman–Crippen MR) is 92.6 cm³/mol. The quantitative estimate of drug-likeness (QED) is 0.886. The van der Waals surface area contributed by atoms with Gasteiger partial charge in [-0.05, 0) is 37.8 Å². The van der Waals surface area contributed by atoms with Crippen molar-refractivity contribution in [1.29, 1.82) is 0 Å². The third-order valence-corrected chi connectivity index (χ3v) is 6.54. The fourth-order valence-electron chi connectivity index (χ4n) is 3.30. The van der Waals surface area contributed by atoms with Crippen molar-refractivity contribution < 1.29 is 13.2 Å². The fraction of sp³-hybridized carbons (Fsp3) is 0.562. The van der Waals surface area contributed by atoms with Crippen molar-refractivity contribution in [2.75, 3.05) is 26.2 Å². The number of hydrogen-bond donors (Lipinski definition) is 1. The Balaban J connectivity index is 1.67. The van der Waals surface area contributed by atoms with Crippen LogP contribution in [0.5, 0.6) is 0 Å². The van der Waals surface area contributed by atoms with E-state index in [1.807, 2.05) is 4.90 Å². The van der Waals surface area contributed by atoms with Gasteiger partial charge in [-0.2, -0.15) is 0 Å². The Labute approximate surface area is 147 Å². The summed E-state index contributed by atoms with van der Waals surface area (Å²) in [5.74, 6) is 0. The van der Waals surface area contributed by atoms with Crippen molar-refractivity contribution in [3.8, 4) is 0 Å². The first-order chi connectivity index (χ1) is 11.5. The number of amides is 2. The van der Waals surface area contributed by atoms with Crippen LogP contribution in [0.4, 0.5) is 4.79 Å². The third-order valence-electron chi connectivity index (χ3n) is 4.52. The Morgan fingerprint density at radius 3 is 2.46 bits per heavy atom. The zero-order chi connectivity index (χ0) is 17.2. The first-order valence-electron chi connectivity index (χ1n) is 8.28. The summed E-state index contributed by atoms with van der Waals surface area (Å²) >= 11 is 6.00. The van der Waals surface area contributed by atoms with Gasteiger partial charge < -0.3 is 9.80 Å². The maximum Gasteiger partial charge on any atom is 0.320 e. The molecule has 1 aromatic rings. The Bertz CT molecular complexity index is 704. The largest absolute Gasteiger partial charge is 0.325 e. The van der Waals surface area contributed by atoms with E-state index in [2.05, 4.69) is 4.72 Å². The minimum atomic E-state index is -3.69. The maximum absolute atomic E-state index is 12.5. The van der Waals surface area contributed by atoms with Crippen molar-refractivity contribution in [2.24, 2.45) is 0 Å². The Morgan fingerprint density at radius 2 is 1.75 bits per heavy atom. The number of benzene rings is 1. The molecule has 0 spiro atoms. The van der Waals surface area contributed by atoms with Crippen molar-refractivity contribution in [1.82, 2.24) is 14.5 Å². The van der Waals surface area contributed by atoms with Crippen molar-refractivity contribution in [3.63, 3.8) is 0 Å². The summed E-state index contributed by atoms with van der Waals surface area (Å²) in [4.78, 5) is 16.2. The van der Waals surface area contributed by atoms with Gasteiger partial charge in [0.15, 0.2) is 0 Å². The second-order valence-electron chi connectivity index (χ2n) is 6.31. The van der Waals surface area contributed by atoms with E-state index in [-0.39, 0.29) is 22.0 Å². The molecule has 8 heteroatoms. The smallest absolute Gasteiger partial charge is 0.320 e. The molecule has 2 heterocycles. The molecule has 0 saturated carbocycles. The molecule has 2 saturated heterocycles. The van der Waals surface area contributed by atoms with E-state index in [0.29, 0.717) is 19.5 Å². The third kappa shape index (κ3) is 3.84. The second kappa shape index (κ2) is 7.29. The summed E-state index contributed by atoms with van der Waals surface area (Å²) in [5, 5.41) is 0.200.